The van der Waals surface area contributed by atoms with Gasteiger partial charge in [-0.1, -0.05) is 18.2 Å². The molecular weight excluding hydrogens is 457 g/mol. The Hall–Kier alpha value is -2.84. The molecule has 0 aliphatic carbocycles. The number of anilines is 2. The molecule has 2 heterocycles. The molecule has 2 aromatic carbocycles. The zero-order valence-corrected chi connectivity index (χ0v) is 17.5. The highest BCUT2D eigenvalue weighted by atomic mass is 79.9. The van der Waals surface area contributed by atoms with Gasteiger partial charge in [0.1, 0.15) is 12.4 Å². The fourth-order valence-corrected chi connectivity index (χ4v) is 4.41. The van der Waals surface area contributed by atoms with Crippen molar-refractivity contribution < 1.29 is 14.0 Å². The van der Waals surface area contributed by atoms with Gasteiger partial charge in [0.2, 0.25) is 11.8 Å². The van der Waals surface area contributed by atoms with Crippen LogP contribution in [0.2, 0.25) is 0 Å². The molecule has 8 heteroatoms. The van der Waals surface area contributed by atoms with Crippen LogP contribution in [0.5, 0.6) is 0 Å². The number of carbonyl (C=O) groups excluding carboxylic acids is 2. The highest BCUT2D eigenvalue weighted by Crippen LogP contribution is 2.34. The average molecular weight is 472 g/mol. The average Bonchev–Trinajstić information content (AvgIpc) is 3.07. The lowest BCUT2D eigenvalue weighted by atomic mass is 10.2. The summed E-state index contributed by atoms with van der Waals surface area (Å²) in [6.45, 7) is -0.191. The normalized spacial score (nSPS) is 13.5. The van der Waals surface area contributed by atoms with Crippen LogP contribution >= 0.6 is 27.3 Å². The van der Waals surface area contributed by atoms with Gasteiger partial charge >= 0.3 is 0 Å². The van der Waals surface area contributed by atoms with Crippen molar-refractivity contribution in [1.29, 1.82) is 0 Å². The first-order valence-corrected chi connectivity index (χ1v) is 10.4. The van der Waals surface area contributed by atoms with E-state index in [1.54, 1.807) is 18.2 Å². The SMILES string of the molecule is O=C(CN1C(=O)CC(c2ccc(Br)s2)=Nc2ccccc21)Nc1cccc(F)c1. The Morgan fingerprint density at radius 3 is 2.76 bits per heavy atom. The van der Waals surface area contributed by atoms with Crippen molar-refractivity contribution in [3.05, 3.63) is 75.1 Å². The topological polar surface area (TPSA) is 61.8 Å². The van der Waals surface area contributed by atoms with Crippen molar-refractivity contribution in [2.75, 3.05) is 16.8 Å². The fraction of sp³-hybridized carbons (Fsp3) is 0.0952. The summed E-state index contributed by atoms with van der Waals surface area (Å²) in [7, 11) is 0. The van der Waals surface area contributed by atoms with Crippen molar-refractivity contribution >= 4 is 61.9 Å². The van der Waals surface area contributed by atoms with Gasteiger partial charge in [0.05, 0.1) is 32.2 Å². The lowest BCUT2D eigenvalue weighted by molar-refractivity contribution is -0.120. The number of fused-ring (bicyclic) bond motifs is 1. The Balaban J connectivity index is 1.60. The van der Waals surface area contributed by atoms with Gasteiger partial charge in [0.25, 0.3) is 0 Å². The minimum atomic E-state index is -0.445. The quantitative estimate of drug-likeness (QED) is 0.571. The molecule has 1 aromatic heterocycles. The Labute approximate surface area is 179 Å². The van der Waals surface area contributed by atoms with Crippen LogP contribution in [-0.4, -0.2) is 24.1 Å². The molecule has 0 saturated carbocycles. The van der Waals surface area contributed by atoms with E-state index < -0.39 is 11.7 Å². The molecule has 0 spiro atoms. The van der Waals surface area contributed by atoms with Gasteiger partial charge in [0.15, 0.2) is 0 Å². The summed E-state index contributed by atoms with van der Waals surface area (Å²) < 4.78 is 14.3. The van der Waals surface area contributed by atoms with E-state index >= 15 is 0 Å². The zero-order valence-electron chi connectivity index (χ0n) is 15.1. The molecule has 0 unspecified atom stereocenters. The summed E-state index contributed by atoms with van der Waals surface area (Å²) in [4.78, 5) is 32.6. The molecule has 0 bridgehead atoms. The minimum absolute atomic E-state index is 0.0783. The Kier molecular flexibility index (Phi) is 5.55. The molecule has 4 rings (SSSR count). The number of aliphatic imine (C=N–C) groups is 1. The predicted molar refractivity (Wildman–Crippen MR) is 117 cm³/mol. The number of amides is 2. The van der Waals surface area contributed by atoms with Crippen molar-refractivity contribution in [2.24, 2.45) is 4.99 Å². The zero-order chi connectivity index (χ0) is 20.4. The number of halogens is 2. The van der Waals surface area contributed by atoms with Gasteiger partial charge in [-0.3, -0.25) is 9.59 Å². The second kappa shape index (κ2) is 8.26. The van der Waals surface area contributed by atoms with E-state index in [1.165, 1.54) is 34.4 Å². The molecule has 3 aromatic rings. The first-order valence-electron chi connectivity index (χ1n) is 8.78. The summed E-state index contributed by atoms with van der Waals surface area (Å²) in [5.41, 5.74) is 2.19. The lowest BCUT2D eigenvalue weighted by Gasteiger charge is -2.21. The van der Waals surface area contributed by atoms with Gasteiger partial charge < -0.3 is 10.2 Å². The van der Waals surface area contributed by atoms with Gasteiger partial charge in [0, 0.05) is 5.69 Å². The fourth-order valence-electron chi connectivity index (χ4n) is 3.04. The smallest absolute Gasteiger partial charge is 0.244 e. The molecule has 0 fully saturated rings. The van der Waals surface area contributed by atoms with Crippen LogP contribution in [0.4, 0.5) is 21.5 Å². The van der Waals surface area contributed by atoms with Gasteiger partial charge in [-0.2, -0.15) is 0 Å². The molecule has 0 atom stereocenters. The number of carbonyl (C=O) groups is 2. The highest BCUT2D eigenvalue weighted by molar-refractivity contribution is 9.11. The predicted octanol–water partition coefficient (Wildman–Crippen LogP) is 5.15. The number of nitrogens with one attached hydrogen (secondary N) is 1. The summed E-state index contributed by atoms with van der Waals surface area (Å²) in [6.07, 6.45) is 0.0783. The number of nitrogens with zero attached hydrogens (tertiary/aromatic N) is 2. The van der Waals surface area contributed by atoms with Crippen molar-refractivity contribution in [3.8, 4) is 0 Å². The van der Waals surface area contributed by atoms with E-state index in [1.807, 2.05) is 24.3 Å². The first kappa shape index (κ1) is 19.5. The number of hydrogen-bond acceptors (Lipinski definition) is 4. The van der Waals surface area contributed by atoms with E-state index in [0.717, 1.165) is 8.66 Å². The van der Waals surface area contributed by atoms with E-state index in [0.29, 0.717) is 22.8 Å². The Morgan fingerprint density at radius 1 is 1.17 bits per heavy atom. The molecule has 1 aliphatic rings. The Morgan fingerprint density at radius 2 is 2.00 bits per heavy atom. The van der Waals surface area contributed by atoms with E-state index in [9.17, 15) is 14.0 Å². The molecule has 0 saturated heterocycles. The summed E-state index contributed by atoms with van der Waals surface area (Å²) in [5.74, 6) is -1.09. The molecule has 2 amide bonds. The maximum Gasteiger partial charge on any atom is 0.244 e. The summed E-state index contributed by atoms with van der Waals surface area (Å²) in [5, 5.41) is 2.63. The number of rotatable bonds is 4. The minimum Gasteiger partial charge on any atom is -0.324 e. The molecule has 1 aliphatic heterocycles. The van der Waals surface area contributed by atoms with E-state index in [2.05, 4.69) is 26.2 Å². The van der Waals surface area contributed by atoms with Crippen LogP contribution < -0.4 is 10.2 Å². The maximum absolute atomic E-state index is 13.4. The summed E-state index contributed by atoms with van der Waals surface area (Å²) in [6, 6.07) is 16.7. The second-order valence-electron chi connectivity index (χ2n) is 6.37. The summed E-state index contributed by atoms with van der Waals surface area (Å²) >= 11 is 4.93. The van der Waals surface area contributed by atoms with Crippen LogP contribution in [0.25, 0.3) is 0 Å². The van der Waals surface area contributed by atoms with Crippen LogP contribution in [0.1, 0.15) is 11.3 Å². The number of para-hydroxylation sites is 2. The molecule has 29 heavy (non-hydrogen) atoms. The standard InChI is InChI=1S/C21H15BrFN3O2S/c22-19-9-8-18(29-19)16-11-21(28)26(17-7-2-1-6-15(17)25-16)12-20(27)24-14-5-3-4-13(23)10-14/h1-10H,11-12H2,(H,24,27). The van der Waals surface area contributed by atoms with Crippen molar-refractivity contribution in [2.45, 2.75) is 6.42 Å². The highest BCUT2D eigenvalue weighted by Gasteiger charge is 2.27. The van der Waals surface area contributed by atoms with Gasteiger partial charge in [-0.15, -0.1) is 11.3 Å². The van der Waals surface area contributed by atoms with Gasteiger partial charge in [-0.05, 0) is 58.4 Å². The number of thiophene rings is 1. The maximum atomic E-state index is 13.4. The number of hydrogen-bond donors (Lipinski definition) is 1. The third-order valence-corrected chi connectivity index (χ3v) is 5.99. The molecular formula is C21H15BrFN3O2S. The van der Waals surface area contributed by atoms with E-state index in [4.69, 9.17) is 0 Å². The molecule has 146 valence electrons. The van der Waals surface area contributed by atoms with Crippen LogP contribution in [0.15, 0.2) is 69.4 Å². The van der Waals surface area contributed by atoms with Crippen LogP contribution in [0.3, 0.4) is 0 Å². The van der Waals surface area contributed by atoms with Crippen molar-refractivity contribution in [3.63, 3.8) is 0 Å². The third kappa shape index (κ3) is 4.44. The van der Waals surface area contributed by atoms with Crippen LogP contribution in [0, 0.1) is 5.82 Å². The molecule has 1 N–H and O–H groups in total. The Bertz CT molecular complexity index is 1130. The monoisotopic (exact) mass is 471 g/mol. The first-order chi connectivity index (χ1) is 14.0. The van der Waals surface area contributed by atoms with Gasteiger partial charge in [-0.25, -0.2) is 9.38 Å². The largest absolute Gasteiger partial charge is 0.324 e. The molecule has 0 radical (unpaired) electrons. The van der Waals surface area contributed by atoms with E-state index in [-0.39, 0.29) is 18.9 Å². The van der Waals surface area contributed by atoms with Crippen LogP contribution in [-0.2, 0) is 9.59 Å². The second-order valence-corrected chi connectivity index (χ2v) is 8.83. The lowest BCUT2D eigenvalue weighted by Crippen LogP contribution is -2.38. The van der Waals surface area contributed by atoms with Crippen molar-refractivity contribution in [1.82, 2.24) is 0 Å². The molecule has 5 nitrogen and oxygen atoms in total. The number of benzene rings is 2. The third-order valence-electron chi connectivity index (χ3n) is 4.32.